The van der Waals surface area contributed by atoms with Crippen molar-refractivity contribution >= 4 is 29.3 Å². The molecule has 1 heterocycles. The molecule has 0 radical (unpaired) electrons. The van der Waals surface area contributed by atoms with Crippen LogP contribution in [0, 0.1) is 11.6 Å². The van der Waals surface area contributed by atoms with E-state index in [1.807, 2.05) is 4.90 Å². The van der Waals surface area contributed by atoms with E-state index in [1.54, 1.807) is 6.07 Å². The summed E-state index contributed by atoms with van der Waals surface area (Å²) in [5.41, 5.74) is 1.05. The molecule has 0 unspecified atom stereocenters. The third-order valence-electron chi connectivity index (χ3n) is 4.62. The number of benzene rings is 2. The van der Waals surface area contributed by atoms with E-state index in [9.17, 15) is 18.7 Å². The van der Waals surface area contributed by atoms with Crippen molar-refractivity contribution in [1.29, 1.82) is 0 Å². The molecule has 0 spiro atoms. The summed E-state index contributed by atoms with van der Waals surface area (Å²) in [7, 11) is 0. The minimum absolute atomic E-state index is 0.0984. The average Bonchev–Trinajstić information content (AvgIpc) is 2.73. The van der Waals surface area contributed by atoms with Gasteiger partial charge in [0.1, 0.15) is 11.6 Å². The number of ether oxygens (including phenoxy) is 1. The maximum absolute atomic E-state index is 14.3. The Morgan fingerprint density at radius 2 is 2.00 bits per heavy atom. The molecular weight excluding hydrogens is 402 g/mol. The Morgan fingerprint density at radius 3 is 2.69 bits per heavy atom. The van der Waals surface area contributed by atoms with Gasteiger partial charge >= 0.3 is 0 Å². The monoisotopic (exact) mass is 422 g/mol. The lowest BCUT2D eigenvalue weighted by Gasteiger charge is -2.30. The fourth-order valence-electron chi connectivity index (χ4n) is 3.08. The van der Waals surface area contributed by atoms with E-state index >= 15 is 0 Å². The van der Waals surface area contributed by atoms with Crippen LogP contribution in [-0.4, -0.2) is 43.9 Å². The second kappa shape index (κ2) is 9.82. The van der Waals surface area contributed by atoms with Crippen LogP contribution in [0.2, 0.25) is 5.02 Å². The first-order valence-corrected chi connectivity index (χ1v) is 9.53. The van der Waals surface area contributed by atoms with Gasteiger partial charge in [-0.2, -0.15) is 0 Å². The predicted octanol–water partition coefficient (Wildman–Crippen LogP) is 3.32. The molecule has 0 aromatic heterocycles. The molecule has 1 aliphatic heterocycles. The van der Waals surface area contributed by atoms with E-state index in [-0.39, 0.29) is 23.0 Å². The molecule has 1 amide bonds. The van der Waals surface area contributed by atoms with Crippen molar-refractivity contribution in [3.63, 3.8) is 0 Å². The molecule has 2 aromatic rings. The Morgan fingerprint density at radius 1 is 1.24 bits per heavy atom. The van der Waals surface area contributed by atoms with Crippen molar-refractivity contribution in [1.82, 2.24) is 5.32 Å². The smallest absolute Gasteiger partial charge is 0.244 e. The lowest BCUT2D eigenvalue weighted by Crippen LogP contribution is -2.37. The van der Waals surface area contributed by atoms with Crippen LogP contribution in [-0.2, 0) is 9.53 Å². The van der Waals surface area contributed by atoms with Crippen LogP contribution in [0.4, 0.5) is 14.5 Å². The number of rotatable bonds is 6. The zero-order valence-corrected chi connectivity index (χ0v) is 16.3. The van der Waals surface area contributed by atoms with Gasteiger partial charge < -0.3 is 20.1 Å². The average molecular weight is 423 g/mol. The van der Waals surface area contributed by atoms with Crippen LogP contribution in [0.3, 0.4) is 0 Å². The van der Waals surface area contributed by atoms with E-state index in [4.69, 9.17) is 16.3 Å². The number of hydrogen-bond donors (Lipinski definition) is 2. The number of nitrogens with zero attached hydrogens (tertiary/aromatic N) is 1. The fraction of sp³-hybridized carbons (Fsp3) is 0.286. The number of carbonyl (C=O) groups is 1. The summed E-state index contributed by atoms with van der Waals surface area (Å²) in [6.45, 7) is 1.75. The number of morpholine rings is 1. The minimum atomic E-state index is -0.747. The van der Waals surface area contributed by atoms with E-state index in [0.717, 1.165) is 6.08 Å². The normalized spacial score (nSPS) is 15.5. The van der Waals surface area contributed by atoms with Gasteiger partial charge in [0.15, 0.2) is 0 Å². The number of hydrogen-bond acceptors (Lipinski definition) is 4. The third kappa shape index (κ3) is 5.32. The molecule has 1 aliphatic rings. The van der Waals surface area contributed by atoms with Crippen LogP contribution in [0.15, 0.2) is 42.5 Å². The molecule has 0 bridgehead atoms. The fourth-order valence-corrected chi connectivity index (χ4v) is 3.30. The molecule has 154 valence electrons. The number of aliphatic hydroxyl groups is 1. The summed E-state index contributed by atoms with van der Waals surface area (Å²) in [6.07, 6.45) is 2.41. The highest BCUT2D eigenvalue weighted by Gasteiger charge is 2.19. The highest BCUT2D eigenvalue weighted by atomic mass is 35.5. The predicted molar refractivity (Wildman–Crippen MR) is 108 cm³/mol. The zero-order valence-electron chi connectivity index (χ0n) is 15.6. The SMILES string of the molecule is O=C(C=Cc1c(F)cccc1Cl)N[C@@H](CO)c1ccc(F)c(N2CCOCC2)c1. The molecule has 1 fully saturated rings. The lowest BCUT2D eigenvalue weighted by molar-refractivity contribution is -0.117. The molecule has 1 saturated heterocycles. The maximum atomic E-state index is 14.3. The van der Waals surface area contributed by atoms with E-state index in [0.29, 0.717) is 37.6 Å². The van der Waals surface area contributed by atoms with Gasteiger partial charge in [0.05, 0.1) is 36.6 Å². The second-order valence-corrected chi connectivity index (χ2v) is 6.93. The van der Waals surface area contributed by atoms with Crippen LogP contribution in [0.5, 0.6) is 0 Å². The van der Waals surface area contributed by atoms with Gasteiger partial charge in [0.25, 0.3) is 0 Å². The van der Waals surface area contributed by atoms with Gasteiger partial charge in [-0.3, -0.25) is 4.79 Å². The van der Waals surface area contributed by atoms with Crippen molar-refractivity contribution in [2.24, 2.45) is 0 Å². The molecule has 5 nitrogen and oxygen atoms in total. The second-order valence-electron chi connectivity index (χ2n) is 6.52. The Labute approximate surface area is 172 Å². The molecule has 0 aliphatic carbocycles. The number of amides is 1. The number of halogens is 3. The quantitative estimate of drug-likeness (QED) is 0.701. The Bertz CT molecular complexity index is 881. The molecular formula is C21H21ClF2N2O3. The highest BCUT2D eigenvalue weighted by Crippen LogP contribution is 2.25. The van der Waals surface area contributed by atoms with Gasteiger partial charge in [0, 0.05) is 24.7 Å². The number of nitrogens with one attached hydrogen (secondary N) is 1. The van der Waals surface area contributed by atoms with Crippen molar-refractivity contribution in [2.45, 2.75) is 6.04 Å². The first-order chi connectivity index (χ1) is 14.0. The number of carbonyl (C=O) groups excluding carboxylic acids is 1. The lowest BCUT2D eigenvalue weighted by atomic mass is 10.1. The van der Waals surface area contributed by atoms with Gasteiger partial charge in [-0.25, -0.2) is 8.78 Å². The van der Waals surface area contributed by atoms with Gasteiger partial charge in [-0.05, 0) is 35.9 Å². The zero-order chi connectivity index (χ0) is 20.8. The standard InChI is InChI=1S/C21H21ClF2N2O3/c22-16-2-1-3-17(23)15(16)5-7-21(28)25-19(13-27)14-4-6-18(24)20(12-14)26-8-10-29-11-9-26/h1-7,12,19,27H,8-11,13H2,(H,25,28)/t19-/m0/s1. The van der Waals surface area contributed by atoms with E-state index in [2.05, 4.69) is 5.32 Å². The van der Waals surface area contributed by atoms with Gasteiger partial charge in [-0.15, -0.1) is 0 Å². The third-order valence-corrected chi connectivity index (χ3v) is 4.95. The van der Waals surface area contributed by atoms with Crippen molar-refractivity contribution in [2.75, 3.05) is 37.8 Å². The largest absolute Gasteiger partial charge is 0.394 e. The summed E-state index contributed by atoms with van der Waals surface area (Å²) in [5.74, 6) is -1.47. The van der Waals surface area contributed by atoms with Crippen molar-refractivity contribution < 1.29 is 23.4 Å². The van der Waals surface area contributed by atoms with Crippen LogP contribution in [0.1, 0.15) is 17.2 Å². The van der Waals surface area contributed by atoms with Crippen LogP contribution in [0.25, 0.3) is 6.08 Å². The maximum Gasteiger partial charge on any atom is 0.244 e. The van der Waals surface area contributed by atoms with Gasteiger partial charge in [0.2, 0.25) is 5.91 Å². The summed E-state index contributed by atoms with van der Waals surface area (Å²) >= 11 is 5.94. The topological polar surface area (TPSA) is 61.8 Å². The minimum Gasteiger partial charge on any atom is -0.394 e. The Balaban J connectivity index is 1.74. The van der Waals surface area contributed by atoms with Crippen molar-refractivity contribution in [3.8, 4) is 0 Å². The summed E-state index contributed by atoms with van der Waals surface area (Å²) in [4.78, 5) is 14.1. The molecule has 3 rings (SSSR count). The molecule has 0 saturated carbocycles. The highest BCUT2D eigenvalue weighted by molar-refractivity contribution is 6.32. The van der Waals surface area contributed by atoms with Crippen molar-refractivity contribution in [3.05, 3.63) is 70.3 Å². The van der Waals surface area contributed by atoms with Crippen LogP contribution >= 0.6 is 11.6 Å². The van der Waals surface area contributed by atoms with Crippen LogP contribution < -0.4 is 10.2 Å². The molecule has 2 aromatic carbocycles. The summed E-state index contributed by atoms with van der Waals surface area (Å²) in [6, 6.07) is 7.91. The molecule has 1 atom stereocenters. The molecule has 2 N–H and O–H groups in total. The Hall–Kier alpha value is -2.48. The summed E-state index contributed by atoms with van der Waals surface area (Å²) < 4.78 is 33.4. The Kier molecular flexibility index (Phi) is 7.19. The van der Waals surface area contributed by atoms with E-state index < -0.39 is 17.8 Å². The first kappa shape index (κ1) is 21.2. The molecule has 8 heteroatoms. The van der Waals surface area contributed by atoms with Gasteiger partial charge in [-0.1, -0.05) is 23.7 Å². The first-order valence-electron chi connectivity index (χ1n) is 9.15. The summed E-state index contributed by atoms with van der Waals surface area (Å²) in [5, 5.41) is 12.5. The molecule has 29 heavy (non-hydrogen) atoms. The number of aliphatic hydroxyl groups excluding tert-OH is 1. The van der Waals surface area contributed by atoms with E-state index in [1.165, 1.54) is 36.4 Å². The number of anilines is 1.